The molecule has 25 heavy (non-hydrogen) atoms. The van der Waals surface area contributed by atoms with Crippen LogP contribution in [0.25, 0.3) is 0 Å². The Morgan fingerprint density at radius 1 is 1.36 bits per heavy atom. The minimum Gasteiger partial charge on any atom is -0.350 e. The zero-order valence-electron chi connectivity index (χ0n) is 14.1. The molecule has 0 bridgehead atoms. The van der Waals surface area contributed by atoms with E-state index < -0.39 is 0 Å². The third kappa shape index (κ3) is 4.16. The van der Waals surface area contributed by atoms with Gasteiger partial charge in [-0.2, -0.15) is 11.3 Å². The average Bonchev–Trinajstić information content (AvgIpc) is 3.15. The number of aromatic nitrogens is 2. The van der Waals surface area contributed by atoms with Crippen molar-refractivity contribution in [1.29, 1.82) is 0 Å². The van der Waals surface area contributed by atoms with Gasteiger partial charge in [0, 0.05) is 37.7 Å². The molecule has 4 rings (SSSR count). The summed E-state index contributed by atoms with van der Waals surface area (Å²) >= 11 is 1.71. The van der Waals surface area contributed by atoms with Crippen LogP contribution in [-0.2, 0) is 17.9 Å². The molecule has 0 aromatic carbocycles. The van der Waals surface area contributed by atoms with Crippen molar-refractivity contribution < 1.29 is 4.79 Å². The van der Waals surface area contributed by atoms with E-state index in [2.05, 4.69) is 32.0 Å². The Bertz CT molecular complexity index is 798. The topological polar surface area (TPSA) is 67.2 Å². The van der Waals surface area contributed by atoms with E-state index in [9.17, 15) is 9.59 Å². The zero-order chi connectivity index (χ0) is 17.2. The Hall–Kier alpha value is -1.99. The van der Waals surface area contributed by atoms with Gasteiger partial charge in [0.1, 0.15) is 6.54 Å². The summed E-state index contributed by atoms with van der Waals surface area (Å²) in [4.78, 5) is 31.0. The predicted octanol–water partition coefficient (Wildman–Crippen LogP) is 1.57. The highest BCUT2D eigenvalue weighted by Crippen LogP contribution is 2.38. The Morgan fingerprint density at radius 2 is 2.24 bits per heavy atom. The van der Waals surface area contributed by atoms with Gasteiger partial charge >= 0.3 is 0 Å². The summed E-state index contributed by atoms with van der Waals surface area (Å²) in [5, 5.41) is 7.30. The number of nitrogens with one attached hydrogen (secondary N) is 1. The van der Waals surface area contributed by atoms with Crippen molar-refractivity contribution in [3.8, 4) is 0 Å². The van der Waals surface area contributed by atoms with Crippen LogP contribution < -0.4 is 10.9 Å². The van der Waals surface area contributed by atoms with E-state index in [1.807, 2.05) is 0 Å². The van der Waals surface area contributed by atoms with Crippen LogP contribution in [0.2, 0.25) is 0 Å². The van der Waals surface area contributed by atoms with Gasteiger partial charge in [-0.3, -0.25) is 19.1 Å². The minimum absolute atomic E-state index is 0.0395. The molecule has 1 saturated heterocycles. The van der Waals surface area contributed by atoms with Crippen molar-refractivity contribution in [3.63, 3.8) is 0 Å². The summed E-state index contributed by atoms with van der Waals surface area (Å²) in [5.74, 6) is 0.328. The quantitative estimate of drug-likeness (QED) is 0.851. The smallest absolute Gasteiger partial charge is 0.254 e. The SMILES string of the molecule is O=C(Cn1cnc(C2CC2)cc1=O)NC1CCN(Cc2ccsc2)C1. The van der Waals surface area contributed by atoms with Crippen molar-refractivity contribution in [1.82, 2.24) is 19.8 Å². The second kappa shape index (κ2) is 7.09. The first kappa shape index (κ1) is 16.5. The van der Waals surface area contributed by atoms with Crippen LogP contribution >= 0.6 is 11.3 Å². The van der Waals surface area contributed by atoms with Crippen molar-refractivity contribution in [3.05, 3.63) is 50.8 Å². The largest absolute Gasteiger partial charge is 0.350 e. The van der Waals surface area contributed by atoms with Crippen molar-refractivity contribution >= 4 is 17.2 Å². The molecule has 0 spiro atoms. The third-order valence-electron chi connectivity index (χ3n) is 4.83. The highest BCUT2D eigenvalue weighted by Gasteiger charge is 2.26. The Labute approximate surface area is 150 Å². The van der Waals surface area contributed by atoms with Crippen LogP contribution in [-0.4, -0.2) is 39.5 Å². The molecule has 1 N–H and O–H groups in total. The average molecular weight is 358 g/mol. The van der Waals surface area contributed by atoms with E-state index in [-0.39, 0.29) is 24.1 Å². The van der Waals surface area contributed by atoms with Gasteiger partial charge < -0.3 is 5.32 Å². The first-order valence-corrected chi connectivity index (χ1v) is 9.71. The summed E-state index contributed by atoms with van der Waals surface area (Å²) < 4.78 is 1.39. The van der Waals surface area contributed by atoms with Gasteiger partial charge in [-0.15, -0.1) is 0 Å². The maximum Gasteiger partial charge on any atom is 0.254 e. The fourth-order valence-corrected chi connectivity index (χ4v) is 3.98. The summed E-state index contributed by atoms with van der Waals surface area (Å²) in [5.41, 5.74) is 2.05. The lowest BCUT2D eigenvalue weighted by molar-refractivity contribution is -0.122. The number of nitrogens with zero attached hydrogens (tertiary/aromatic N) is 3. The second-order valence-corrected chi connectivity index (χ2v) is 7.75. The highest BCUT2D eigenvalue weighted by molar-refractivity contribution is 7.07. The van der Waals surface area contributed by atoms with Gasteiger partial charge in [-0.25, -0.2) is 4.98 Å². The number of thiophene rings is 1. The predicted molar refractivity (Wildman–Crippen MR) is 96.6 cm³/mol. The van der Waals surface area contributed by atoms with Gasteiger partial charge in [-0.05, 0) is 41.7 Å². The molecular formula is C18H22N4O2S. The van der Waals surface area contributed by atoms with Crippen molar-refractivity contribution in [2.45, 2.75) is 44.3 Å². The van der Waals surface area contributed by atoms with Crippen LogP contribution in [0.4, 0.5) is 0 Å². The molecule has 1 saturated carbocycles. The molecule has 1 aliphatic heterocycles. The first-order chi connectivity index (χ1) is 12.2. The zero-order valence-corrected chi connectivity index (χ0v) is 14.9. The Morgan fingerprint density at radius 3 is 2.96 bits per heavy atom. The number of carbonyl (C=O) groups excluding carboxylic acids is 1. The van der Waals surface area contributed by atoms with E-state index in [0.717, 1.165) is 44.6 Å². The standard InChI is InChI=1S/C18H22N4O2S/c23-17(10-22-12-19-16(7-18(22)24)14-1-2-14)20-15-3-5-21(9-15)8-13-4-6-25-11-13/h4,6-7,11-12,14-15H,1-3,5,8-10H2,(H,20,23). The van der Waals surface area contributed by atoms with Crippen LogP contribution in [0.5, 0.6) is 0 Å². The summed E-state index contributed by atoms with van der Waals surface area (Å²) in [6, 6.07) is 3.87. The molecule has 1 unspecified atom stereocenters. The summed E-state index contributed by atoms with van der Waals surface area (Å²) in [6.07, 6.45) is 4.68. The lowest BCUT2D eigenvalue weighted by Gasteiger charge is -2.16. The maximum atomic E-state index is 12.3. The molecular weight excluding hydrogens is 336 g/mol. The molecule has 3 heterocycles. The maximum absolute atomic E-state index is 12.3. The monoisotopic (exact) mass is 358 g/mol. The van der Waals surface area contributed by atoms with Gasteiger partial charge in [0.25, 0.3) is 5.56 Å². The van der Waals surface area contributed by atoms with E-state index in [0.29, 0.717) is 5.92 Å². The lowest BCUT2D eigenvalue weighted by Crippen LogP contribution is -2.40. The molecule has 7 heteroatoms. The van der Waals surface area contributed by atoms with E-state index in [1.165, 1.54) is 16.5 Å². The van der Waals surface area contributed by atoms with Gasteiger partial charge in [0.05, 0.1) is 12.0 Å². The van der Waals surface area contributed by atoms with Gasteiger partial charge in [-0.1, -0.05) is 0 Å². The normalized spacial score (nSPS) is 20.7. The molecule has 0 radical (unpaired) electrons. The first-order valence-electron chi connectivity index (χ1n) is 8.76. The fourth-order valence-electron chi connectivity index (χ4n) is 3.32. The third-order valence-corrected chi connectivity index (χ3v) is 5.57. The molecule has 2 aliphatic rings. The highest BCUT2D eigenvalue weighted by atomic mass is 32.1. The van der Waals surface area contributed by atoms with E-state index in [4.69, 9.17) is 0 Å². The number of hydrogen-bond acceptors (Lipinski definition) is 5. The van der Waals surface area contributed by atoms with Crippen LogP contribution in [0.3, 0.4) is 0 Å². The number of hydrogen-bond donors (Lipinski definition) is 1. The number of likely N-dealkylation sites (tertiary alicyclic amines) is 1. The van der Waals surface area contributed by atoms with Crippen LogP contribution in [0.15, 0.2) is 34.0 Å². The van der Waals surface area contributed by atoms with Crippen LogP contribution in [0, 0.1) is 0 Å². The number of rotatable bonds is 6. The molecule has 2 fully saturated rings. The molecule has 1 aliphatic carbocycles. The number of amides is 1. The summed E-state index contributed by atoms with van der Waals surface area (Å²) in [7, 11) is 0. The number of carbonyl (C=O) groups is 1. The molecule has 132 valence electrons. The van der Waals surface area contributed by atoms with Crippen LogP contribution in [0.1, 0.15) is 36.4 Å². The van der Waals surface area contributed by atoms with Crippen molar-refractivity contribution in [2.75, 3.05) is 13.1 Å². The molecule has 6 nitrogen and oxygen atoms in total. The molecule has 1 amide bonds. The molecule has 2 aromatic rings. The Balaban J connectivity index is 1.28. The fraction of sp³-hybridized carbons (Fsp3) is 0.500. The second-order valence-electron chi connectivity index (χ2n) is 6.97. The van der Waals surface area contributed by atoms with E-state index in [1.54, 1.807) is 17.4 Å². The van der Waals surface area contributed by atoms with E-state index >= 15 is 0 Å². The lowest BCUT2D eigenvalue weighted by atomic mass is 10.2. The molecule has 1 atom stereocenters. The van der Waals surface area contributed by atoms with Gasteiger partial charge in [0.2, 0.25) is 5.91 Å². The molecule has 2 aromatic heterocycles. The minimum atomic E-state index is -0.141. The van der Waals surface area contributed by atoms with Gasteiger partial charge in [0.15, 0.2) is 0 Å². The summed E-state index contributed by atoms with van der Waals surface area (Å²) in [6.45, 7) is 2.81. The Kier molecular flexibility index (Phi) is 4.67. The van der Waals surface area contributed by atoms with Crippen molar-refractivity contribution in [2.24, 2.45) is 0 Å².